The Morgan fingerprint density at radius 2 is 1.72 bits per heavy atom. The van der Waals surface area contributed by atoms with E-state index in [9.17, 15) is 18.0 Å². The lowest BCUT2D eigenvalue weighted by Crippen LogP contribution is -2.48. The second-order valence-electron chi connectivity index (χ2n) is 9.20. The molecule has 0 heterocycles. The molecule has 2 aromatic carbocycles. The maximum Gasteiger partial charge on any atom is 0.242 e. The molecular formula is C27H38ClN3O4S. The molecule has 0 aliphatic rings. The average Bonchev–Trinajstić information content (AvgIpc) is 2.82. The van der Waals surface area contributed by atoms with Crippen LogP contribution in [0.1, 0.15) is 56.2 Å². The number of hydrogen-bond donors (Lipinski definition) is 1. The fraction of sp³-hybridized carbons (Fsp3) is 0.481. The summed E-state index contributed by atoms with van der Waals surface area (Å²) in [6.07, 6.45) is 3.37. The van der Waals surface area contributed by atoms with Crippen LogP contribution in [0.2, 0.25) is 5.02 Å². The van der Waals surface area contributed by atoms with E-state index >= 15 is 0 Å². The van der Waals surface area contributed by atoms with Crippen LogP contribution in [0.5, 0.6) is 0 Å². The Kier molecular flexibility index (Phi) is 11.2. The molecule has 198 valence electrons. The van der Waals surface area contributed by atoms with E-state index in [1.807, 2.05) is 45.0 Å². The number of hydrogen-bond acceptors (Lipinski definition) is 4. The molecule has 0 bridgehead atoms. The van der Waals surface area contributed by atoms with E-state index in [0.717, 1.165) is 35.8 Å². The zero-order valence-corrected chi connectivity index (χ0v) is 23.5. The Balaban J connectivity index is 2.17. The predicted octanol–water partition coefficient (Wildman–Crippen LogP) is 4.84. The van der Waals surface area contributed by atoms with E-state index in [1.54, 1.807) is 30.0 Å². The molecule has 36 heavy (non-hydrogen) atoms. The number of rotatable bonds is 13. The maximum absolute atomic E-state index is 13.3. The molecule has 9 heteroatoms. The first-order valence-electron chi connectivity index (χ1n) is 12.3. The van der Waals surface area contributed by atoms with Gasteiger partial charge < -0.3 is 10.2 Å². The van der Waals surface area contributed by atoms with Gasteiger partial charge in [-0.25, -0.2) is 8.42 Å². The van der Waals surface area contributed by atoms with Gasteiger partial charge in [0.15, 0.2) is 0 Å². The normalized spacial score (nSPS) is 12.2. The molecule has 0 spiro atoms. The molecule has 2 amide bonds. The smallest absolute Gasteiger partial charge is 0.242 e. The molecule has 0 aromatic heterocycles. The Morgan fingerprint density at radius 3 is 2.33 bits per heavy atom. The van der Waals surface area contributed by atoms with Crippen LogP contribution >= 0.6 is 11.6 Å². The molecule has 7 nitrogen and oxygen atoms in total. The molecular weight excluding hydrogens is 498 g/mol. The van der Waals surface area contributed by atoms with Crippen LogP contribution in [0.3, 0.4) is 0 Å². The lowest BCUT2D eigenvalue weighted by Gasteiger charge is -2.29. The maximum atomic E-state index is 13.3. The van der Waals surface area contributed by atoms with E-state index in [0.29, 0.717) is 30.2 Å². The average molecular weight is 536 g/mol. The zero-order valence-electron chi connectivity index (χ0n) is 21.9. The number of nitrogens with zero attached hydrogens (tertiary/aromatic N) is 2. The minimum atomic E-state index is -3.59. The van der Waals surface area contributed by atoms with Crippen LogP contribution < -0.4 is 9.62 Å². The van der Waals surface area contributed by atoms with Gasteiger partial charge in [0, 0.05) is 31.1 Å². The molecule has 1 N–H and O–H groups in total. The number of carbonyl (C=O) groups excluding carboxylic acids is 2. The summed E-state index contributed by atoms with van der Waals surface area (Å²) in [6.45, 7) is 8.57. The third-order valence-electron chi connectivity index (χ3n) is 6.06. The minimum absolute atomic E-state index is 0.101. The van der Waals surface area contributed by atoms with E-state index in [1.165, 1.54) is 4.31 Å². The van der Waals surface area contributed by atoms with Crippen molar-refractivity contribution in [3.8, 4) is 0 Å². The van der Waals surface area contributed by atoms with Crippen LogP contribution in [-0.2, 0) is 26.2 Å². The highest BCUT2D eigenvalue weighted by Gasteiger charge is 2.26. The largest absolute Gasteiger partial charge is 0.354 e. The Hall–Kier alpha value is -2.58. The van der Waals surface area contributed by atoms with Gasteiger partial charge >= 0.3 is 0 Å². The highest BCUT2D eigenvalue weighted by Crippen LogP contribution is 2.27. The van der Waals surface area contributed by atoms with Gasteiger partial charge in [0.2, 0.25) is 21.8 Å². The van der Waals surface area contributed by atoms with Gasteiger partial charge in [-0.15, -0.1) is 0 Å². The summed E-state index contributed by atoms with van der Waals surface area (Å²) >= 11 is 6.11. The van der Waals surface area contributed by atoms with Gasteiger partial charge in [-0.3, -0.25) is 13.9 Å². The standard InChI is InChI=1S/C27H38ClN3O4S/c1-6-7-16-29-27(33)22(4)30(19-23-13-10-20(2)11-14-23)26(32)9-8-17-31(36(5,34)35)25-18-24(28)15-12-21(25)3/h10-15,18,22H,6-9,16-17,19H2,1-5H3,(H,29,33)/t22-/m1/s1. The first-order chi connectivity index (χ1) is 16.9. The van der Waals surface area contributed by atoms with Gasteiger partial charge in [-0.1, -0.05) is 60.8 Å². The van der Waals surface area contributed by atoms with Crippen molar-refractivity contribution in [1.29, 1.82) is 0 Å². The fourth-order valence-corrected chi connectivity index (χ4v) is 5.02. The molecule has 0 unspecified atom stereocenters. The van der Waals surface area contributed by atoms with Crippen molar-refractivity contribution in [2.75, 3.05) is 23.7 Å². The van der Waals surface area contributed by atoms with Crippen LogP contribution in [0.15, 0.2) is 42.5 Å². The van der Waals surface area contributed by atoms with Gasteiger partial charge in [0.25, 0.3) is 0 Å². The molecule has 1 atom stereocenters. The molecule has 0 saturated heterocycles. The van der Waals surface area contributed by atoms with Crippen molar-refractivity contribution < 1.29 is 18.0 Å². The fourth-order valence-electron chi connectivity index (χ4n) is 3.84. The lowest BCUT2D eigenvalue weighted by molar-refractivity contribution is -0.140. The SMILES string of the molecule is CCCCNC(=O)[C@@H](C)N(Cc1ccc(C)cc1)C(=O)CCCN(c1cc(Cl)ccc1C)S(C)(=O)=O. The summed E-state index contributed by atoms with van der Waals surface area (Å²) in [5, 5.41) is 3.35. The van der Waals surface area contributed by atoms with Crippen LogP contribution in [-0.4, -0.2) is 50.5 Å². The van der Waals surface area contributed by atoms with Crippen molar-refractivity contribution in [3.05, 3.63) is 64.2 Å². The number of sulfonamides is 1. The minimum Gasteiger partial charge on any atom is -0.354 e. The Morgan fingerprint density at radius 1 is 1.06 bits per heavy atom. The Bertz CT molecular complexity index is 1140. The highest BCUT2D eigenvalue weighted by molar-refractivity contribution is 7.92. The molecule has 0 saturated carbocycles. The predicted molar refractivity (Wildman–Crippen MR) is 147 cm³/mol. The summed E-state index contributed by atoms with van der Waals surface area (Å²) in [4.78, 5) is 27.7. The van der Waals surface area contributed by atoms with E-state index in [2.05, 4.69) is 5.32 Å². The van der Waals surface area contributed by atoms with Gasteiger partial charge in [-0.05, 0) is 56.9 Å². The first kappa shape index (κ1) is 29.6. The van der Waals surface area contributed by atoms with Crippen LogP contribution in [0.4, 0.5) is 5.69 Å². The van der Waals surface area contributed by atoms with Gasteiger partial charge in [0.05, 0.1) is 11.9 Å². The third kappa shape index (κ3) is 8.82. The molecule has 2 aromatic rings. The quantitative estimate of drug-likeness (QED) is 0.372. The van der Waals surface area contributed by atoms with Crippen molar-refractivity contribution >= 4 is 39.1 Å². The Labute approximate surface area is 220 Å². The number of carbonyl (C=O) groups is 2. The van der Waals surface area contributed by atoms with Crippen molar-refractivity contribution in [2.24, 2.45) is 0 Å². The van der Waals surface area contributed by atoms with Gasteiger partial charge in [-0.2, -0.15) is 0 Å². The highest BCUT2D eigenvalue weighted by atomic mass is 35.5. The molecule has 0 aliphatic carbocycles. The number of amides is 2. The number of anilines is 1. The number of aryl methyl sites for hydroxylation is 2. The van der Waals surface area contributed by atoms with Crippen molar-refractivity contribution in [1.82, 2.24) is 10.2 Å². The molecule has 0 aliphatic heterocycles. The second-order valence-corrected chi connectivity index (χ2v) is 11.5. The first-order valence-corrected chi connectivity index (χ1v) is 14.5. The van der Waals surface area contributed by atoms with E-state index < -0.39 is 16.1 Å². The summed E-state index contributed by atoms with van der Waals surface area (Å²) in [6, 6.07) is 12.3. The van der Waals surface area contributed by atoms with E-state index in [4.69, 9.17) is 11.6 Å². The number of benzene rings is 2. The summed E-state index contributed by atoms with van der Waals surface area (Å²) < 4.78 is 26.3. The monoisotopic (exact) mass is 535 g/mol. The van der Waals surface area contributed by atoms with E-state index in [-0.39, 0.29) is 24.8 Å². The third-order valence-corrected chi connectivity index (χ3v) is 7.48. The molecule has 0 radical (unpaired) electrons. The lowest BCUT2D eigenvalue weighted by atomic mass is 10.1. The molecule has 0 fully saturated rings. The topological polar surface area (TPSA) is 86.8 Å². The van der Waals surface area contributed by atoms with Crippen molar-refractivity contribution in [3.63, 3.8) is 0 Å². The number of nitrogens with one attached hydrogen (secondary N) is 1. The summed E-state index contributed by atoms with van der Waals surface area (Å²) in [5.41, 5.74) is 3.31. The second kappa shape index (κ2) is 13.7. The van der Waals surface area contributed by atoms with Crippen molar-refractivity contribution in [2.45, 2.75) is 66.0 Å². The van der Waals surface area contributed by atoms with Crippen LogP contribution in [0.25, 0.3) is 0 Å². The number of unbranched alkanes of at least 4 members (excludes halogenated alkanes) is 1. The van der Waals surface area contributed by atoms with Crippen LogP contribution in [0, 0.1) is 13.8 Å². The summed E-state index contributed by atoms with van der Waals surface area (Å²) in [7, 11) is -3.59. The van der Waals surface area contributed by atoms with Gasteiger partial charge in [0.1, 0.15) is 6.04 Å². The zero-order chi connectivity index (χ0) is 26.9. The number of halogens is 1. The molecule has 2 rings (SSSR count). The summed E-state index contributed by atoms with van der Waals surface area (Å²) in [5.74, 6) is -0.402.